The van der Waals surface area contributed by atoms with Gasteiger partial charge in [0.2, 0.25) is 0 Å². The molecule has 3 nitrogen and oxygen atoms in total. The average molecular weight is 190 g/mol. The first-order chi connectivity index (χ1) is 6.08. The van der Waals surface area contributed by atoms with Gasteiger partial charge in [0, 0.05) is 0 Å². The molecular weight excluding hydrogens is 178 g/mol. The summed E-state index contributed by atoms with van der Waals surface area (Å²) in [5, 5.41) is 8.72. The zero-order valence-electron chi connectivity index (χ0n) is 7.17. The fourth-order valence-electron chi connectivity index (χ4n) is 1.16. The highest BCUT2D eigenvalue weighted by Crippen LogP contribution is 2.38. The van der Waals surface area contributed by atoms with E-state index in [4.69, 9.17) is 11.0 Å². The van der Waals surface area contributed by atoms with Crippen LogP contribution >= 0.6 is 0 Å². The minimum atomic E-state index is -2.50. The molecule has 74 valence electrons. The molecule has 1 fully saturated rings. The Kier molecular flexibility index (Phi) is 3.17. The predicted octanol–water partition coefficient (Wildman–Crippen LogP) is 0.899. The Hall–Kier alpha value is -0.730. The average Bonchev–Trinajstić information content (AvgIpc) is 2.85. The molecule has 0 aromatic carbocycles. The molecule has 0 heterocycles. The molecule has 0 bridgehead atoms. The van der Waals surface area contributed by atoms with Crippen molar-refractivity contribution in [1.29, 1.82) is 5.26 Å². The van der Waals surface area contributed by atoms with E-state index in [1.54, 1.807) is 0 Å². The van der Waals surface area contributed by atoms with E-state index >= 15 is 0 Å². The van der Waals surface area contributed by atoms with E-state index < -0.39 is 18.6 Å². The van der Waals surface area contributed by atoms with E-state index in [0.29, 0.717) is 0 Å². The van der Waals surface area contributed by atoms with E-state index in [9.17, 15) is 8.78 Å². The Balaban J connectivity index is 2.28. The quantitative estimate of drug-likeness (QED) is 0.700. The molecule has 0 amide bonds. The molecule has 2 N–H and O–H groups in total. The summed E-state index contributed by atoms with van der Waals surface area (Å²) in [6.07, 6.45) is -0.716. The third-order valence-electron chi connectivity index (χ3n) is 2.10. The van der Waals surface area contributed by atoms with Crippen LogP contribution in [-0.2, 0) is 4.74 Å². The number of ether oxygens (including phenoxy) is 1. The highest BCUT2D eigenvalue weighted by Gasteiger charge is 2.43. The van der Waals surface area contributed by atoms with Crippen molar-refractivity contribution in [3.05, 3.63) is 0 Å². The van der Waals surface area contributed by atoms with Crippen LogP contribution in [-0.4, -0.2) is 25.2 Å². The van der Waals surface area contributed by atoms with E-state index in [-0.39, 0.29) is 12.5 Å². The van der Waals surface area contributed by atoms with Gasteiger partial charge in [0.05, 0.1) is 12.7 Å². The highest BCUT2D eigenvalue weighted by atomic mass is 19.3. The summed E-state index contributed by atoms with van der Waals surface area (Å²) in [7, 11) is 0. The van der Waals surface area contributed by atoms with Crippen molar-refractivity contribution < 1.29 is 13.5 Å². The minimum absolute atomic E-state index is 0.0987. The lowest BCUT2D eigenvalue weighted by molar-refractivity contribution is 0.00297. The van der Waals surface area contributed by atoms with Crippen molar-refractivity contribution in [3.63, 3.8) is 0 Å². The number of nitriles is 1. The van der Waals surface area contributed by atoms with Gasteiger partial charge >= 0.3 is 0 Å². The highest BCUT2D eigenvalue weighted by molar-refractivity contribution is 5.13. The summed E-state index contributed by atoms with van der Waals surface area (Å²) in [4.78, 5) is 0. The first kappa shape index (κ1) is 10.4. The fraction of sp³-hybridized carbons (Fsp3) is 0.875. The van der Waals surface area contributed by atoms with Crippen molar-refractivity contribution in [1.82, 2.24) is 0 Å². The monoisotopic (exact) mass is 190 g/mol. The Morgan fingerprint density at radius 2 is 2.23 bits per heavy atom. The first-order valence-corrected chi connectivity index (χ1v) is 4.14. The molecule has 13 heavy (non-hydrogen) atoms. The molecule has 1 aliphatic carbocycles. The maximum Gasteiger partial charge on any atom is 0.261 e. The van der Waals surface area contributed by atoms with Crippen LogP contribution < -0.4 is 5.73 Å². The molecule has 0 aromatic heterocycles. The van der Waals surface area contributed by atoms with Crippen LogP contribution in [0.5, 0.6) is 0 Å². The smallest absolute Gasteiger partial charge is 0.261 e. The van der Waals surface area contributed by atoms with Crippen LogP contribution in [0.2, 0.25) is 0 Å². The van der Waals surface area contributed by atoms with Crippen LogP contribution in [0.1, 0.15) is 12.8 Å². The number of nitrogens with zero attached hydrogens (tertiary/aromatic N) is 1. The van der Waals surface area contributed by atoms with Gasteiger partial charge in [-0.05, 0) is 18.8 Å². The third kappa shape index (κ3) is 2.90. The Bertz CT molecular complexity index is 213. The lowest BCUT2D eigenvalue weighted by Gasteiger charge is -2.20. The summed E-state index contributed by atoms with van der Waals surface area (Å²) in [5.74, 6) is 0.121. The summed E-state index contributed by atoms with van der Waals surface area (Å²) < 4.78 is 28.0. The molecule has 0 aromatic rings. The molecule has 1 rings (SSSR count). The topological polar surface area (TPSA) is 59.0 Å². The molecule has 1 atom stereocenters. The Morgan fingerprint density at radius 1 is 1.62 bits per heavy atom. The first-order valence-electron chi connectivity index (χ1n) is 4.14. The van der Waals surface area contributed by atoms with Crippen molar-refractivity contribution in [3.8, 4) is 6.07 Å². The lowest BCUT2D eigenvalue weighted by Crippen LogP contribution is -2.45. The molecule has 5 heteroatoms. The van der Waals surface area contributed by atoms with Crippen molar-refractivity contribution in [2.75, 3.05) is 13.2 Å². The largest absolute Gasteiger partial charge is 0.372 e. The van der Waals surface area contributed by atoms with Crippen LogP contribution in [0.15, 0.2) is 0 Å². The van der Waals surface area contributed by atoms with Gasteiger partial charge < -0.3 is 10.5 Å². The summed E-state index contributed by atoms with van der Waals surface area (Å²) in [6.45, 7) is -0.744. The number of halogens is 2. The maximum absolute atomic E-state index is 11.7. The van der Waals surface area contributed by atoms with Crippen LogP contribution in [0, 0.1) is 17.2 Å². The Labute approximate surface area is 75.5 Å². The maximum atomic E-state index is 11.7. The number of hydrogen-bond acceptors (Lipinski definition) is 3. The number of alkyl halides is 2. The molecule has 0 saturated heterocycles. The van der Waals surface area contributed by atoms with E-state index in [2.05, 4.69) is 4.74 Å². The number of nitrogens with two attached hydrogens (primary N) is 1. The van der Waals surface area contributed by atoms with E-state index in [1.165, 1.54) is 0 Å². The van der Waals surface area contributed by atoms with E-state index in [1.807, 2.05) is 6.07 Å². The molecule has 0 aliphatic heterocycles. The second-order valence-electron chi connectivity index (χ2n) is 3.33. The van der Waals surface area contributed by atoms with Crippen molar-refractivity contribution in [2.45, 2.75) is 24.8 Å². The number of hydrogen-bond donors (Lipinski definition) is 1. The summed E-state index contributed by atoms with van der Waals surface area (Å²) in [6, 6.07) is 1.92. The second kappa shape index (κ2) is 3.99. The zero-order valence-corrected chi connectivity index (χ0v) is 7.17. The Morgan fingerprint density at radius 3 is 2.62 bits per heavy atom. The summed E-state index contributed by atoms with van der Waals surface area (Å²) in [5.41, 5.74) is 4.60. The molecule has 0 radical (unpaired) electrons. The SMILES string of the molecule is N#CC(N)(COCC(F)F)C1CC1. The molecule has 1 saturated carbocycles. The van der Waals surface area contributed by atoms with Crippen LogP contribution in [0.3, 0.4) is 0 Å². The normalized spacial score (nSPS) is 21.2. The van der Waals surface area contributed by atoms with Gasteiger partial charge in [-0.3, -0.25) is 0 Å². The van der Waals surface area contributed by atoms with Gasteiger partial charge in [-0.15, -0.1) is 0 Å². The second-order valence-corrected chi connectivity index (χ2v) is 3.33. The molecular formula is C8H12F2N2O. The molecule has 0 spiro atoms. The van der Waals surface area contributed by atoms with Gasteiger partial charge in [-0.2, -0.15) is 5.26 Å². The third-order valence-corrected chi connectivity index (χ3v) is 2.10. The van der Waals surface area contributed by atoms with Gasteiger partial charge in [0.15, 0.2) is 0 Å². The fourth-order valence-corrected chi connectivity index (χ4v) is 1.16. The van der Waals surface area contributed by atoms with Crippen molar-refractivity contribution in [2.24, 2.45) is 11.7 Å². The lowest BCUT2D eigenvalue weighted by atomic mass is 9.98. The van der Waals surface area contributed by atoms with Gasteiger partial charge in [0.25, 0.3) is 6.43 Å². The van der Waals surface area contributed by atoms with Crippen molar-refractivity contribution >= 4 is 0 Å². The minimum Gasteiger partial charge on any atom is -0.372 e. The van der Waals surface area contributed by atoms with Crippen LogP contribution in [0.4, 0.5) is 8.78 Å². The van der Waals surface area contributed by atoms with Crippen LogP contribution in [0.25, 0.3) is 0 Å². The molecule has 1 aliphatic rings. The standard InChI is InChI=1S/C8H12F2N2O/c9-7(10)3-13-5-8(12,4-11)6-1-2-6/h6-7H,1-3,5,12H2. The predicted molar refractivity (Wildman–Crippen MR) is 42.1 cm³/mol. The molecule has 1 unspecified atom stereocenters. The van der Waals surface area contributed by atoms with Gasteiger partial charge in [-0.25, -0.2) is 8.78 Å². The number of rotatable bonds is 5. The zero-order chi connectivity index (χ0) is 9.90. The summed E-state index contributed by atoms with van der Waals surface area (Å²) >= 11 is 0. The van der Waals surface area contributed by atoms with E-state index in [0.717, 1.165) is 12.8 Å². The van der Waals surface area contributed by atoms with Gasteiger partial charge in [-0.1, -0.05) is 0 Å². The van der Waals surface area contributed by atoms with Gasteiger partial charge in [0.1, 0.15) is 12.1 Å².